The van der Waals surface area contributed by atoms with Crippen LogP contribution in [0.5, 0.6) is 5.75 Å². The summed E-state index contributed by atoms with van der Waals surface area (Å²) in [5, 5.41) is 21.5. The Bertz CT molecular complexity index is 1410. The number of likely N-dealkylation sites (tertiary alicyclic amines) is 1. The summed E-state index contributed by atoms with van der Waals surface area (Å²) in [4.78, 5) is 23.8. The number of nitrogens with zero attached hydrogens (tertiary/aromatic N) is 3. The molecule has 1 heterocycles. The van der Waals surface area contributed by atoms with Crippen molar-refractivity contribution in [2.75, 3.05) is 26.7 Å². The highest BCUT2D eigenvalue weighted by atomic mass is 32.2. The zero-order valence-electron chi connectivity index (χ0n) is 21.0. The number of nitro benzene ring substituents is 1. The standard InChI is InChI=1S/C27H29N3O7S/c1-19(21-11-8-12-23(15-21)37-2)29(38(35,36)26-14-7-6-13-25(26)30(33)34)17-22-16-28(27(31)32)18-24(22)20-9-4-3-5-10-20/h3-15,19,22,24H,16-18H2,1-2H3,(H,31,32)/t19-,22+,24-/m1/s1. The number of hydrogen-bond donors (Lipinski definition) is 1. The molecule has 0 radical (unpaired) electrons. The molecule has 200 valence electrons. The van der Waals surface area contributed by atoms with Crippen LogP contribution in [0.4, 0.5) is 10.5 Å². The Kier molecular flexibility index (Phi) is 7.98. The van der Waals surface area contributed by atoms with Gasteiger partial charge >= 0.3 is 6.09 Å². The summed E-state index contributed by atoms with van der Waals surface area (Å²) in [5.74, 6) is -0.107. The molecule has 1 aliphatic heterocycles. The van der Waals surface area contributed by atoms with Crippen molar-refractivity contribution in [1.82, 2.24) is 9.21 Å². The van der Waals surface area contributed by atoms with Crippen molar-refractivity contribution in [3.05, 3.63) is 100 Å². The summed E-state index contributed by atoms with van der Waals surface area (Å²) in [6, 6.07) is 20.9. The summed E-state index contributed by atoms with van der Waals surface area (Å²) in [6.45, 7) is 2.01. The van der Waals surface area contributed by atoms with Crippen molar-refractivity contribution in [3.8, 4) is 5.75 Å². The predicted octanol–water partition coefficient (Wildman–Crippen LogP) is 4.75. The topological polar surface area (TPSA) is 130 Å². The minimum atomic E-state index is -4.39. The van der Waals surface area contributed by atoms with Crippen molar-refractivity contribution in [3.63, 3.8) is 0 Å². The molecule has 1 saturated heterocycles. The van der Waals surface area contributed by atoms with Gasteiger partial charge in [0.05, 0.1) is 12.0 Å². The molecule has 11 heteroatoms. The normalized spacial score (nSPS) is 18.3. The molecule has 0 aliphatic carbocycles. The molecule has 0 spiro atoms. The molecule has 0 aromatic heterocycles. The lowest BCUT2D eigenvalue weighted by molar-refractivity contribution is -0.387. The maximum absolute atomic E-state index is 14.1. The summed E-state index contributed by atoms with van der Waals surface area (Å²) in [5.41, 5.74) is 1.02. The number of rotatable bonds is 9. The maximum Gasteiger partial charge on any atom is 0.407 e. The van der Waals surface area contributed by atoms with Gasteiger partial charge < -0.3 is 14.7 Å². The minimum Gasteiger partial charge on any atom is -0.497 e. The quantitative estimate of drug-likeness (QED) is 0.307. The third-order valence-electron chi connectivity index (χ3n) is 7.01. The Morgan fingerprint density at radius 3 is 2.45 bits per heavy atom. The van der Waals surface area contributed by atoms with E-state index in [0.717, 1.165) is 11.6 Å². The monoisotopic (exact) mass is 539 g/mol. The lowest BCUT2D eigenvalue weighted by atomic mass is 9.88. The summed E-state index contributed by atoms with van der Waals surface area (Å²) < 4.78 is 34.8. The number of nitro groups is 1. The number of carbonyl (C=O) groups is 1. The van der Waals surface area contributed by atoms with Gasteiger partial charge in [-0.15, -0.1) is 0 Å². The summed E-state index contributed by atoms with van der Waals surface area (Å²) >= 11 is 0. The number of sulfonamides is 1. The van der Waals surface area contributed by atoms with Gasteiger partial charge in [-0.05, 0) is 42.2 Å². The fourth-order valence-corrected chi connectivity index (χ4v) is 6.84. The van der Waals surface area contributed by atoms with Gasteiger partial charge in [0.25, 0.3) is 5.69 Å². The lowest BCUT2D eigenvalue weighted by Gasteiger charge is -2.32. The fourth-order valence-electron chi connectivity index (χ4n) is 5.01. The molecule has 3 atom stereocenters. The number of carboxylic acid groups (broad SMARTS) is 1. The highest BCUT2D eigenvalue weighted by Gasteiger charge is 2.42. The van der Waals surface area contributed by atoms with E-state index in [1.165, 1.54) is 34.5 Å². The highest BCUT2D eigenvalue weighted by Crippen LogP contribution is 2.38. The van der Waals surface area contributed by atoms with E-state index in [0.29, 0.717) is 11.3 Å². The van der Waals surface area contributed by atoms with Gasteiger partial charge in [-0.25, -0.2) is 13.2 Å². The van der Waals surface area contributed by atoms with Gasteiger partial charge in [-0.1, -0.05) is 54.6 Å². The van der Waals surface area contributed by atoms with Crippen LogP contribution in [0.3, 0.4) is 0 Å². The molecule has 3 aromatic carbocycles. The van der Waals surface area contributed by atoms with Crippen LogP contribution >= 0.6 is 0 Å². The van der Waals surface area contributed by atoms with E-state index in [2.05, 4.69) is 0 Å². The predicted molar refractivity (Wildman–Crippen MR) is 141 cm³/mol. The first-order valence-corrected chi connectivity index (χ1v) is 13.5. The van der Waals surface area contributed by atoms with Crippen LogP contribution in [0.1, 0.15) is 30.0 Å². The largest absolute Gasteiger partial charge is 0.497 e. The molecule has 38 heavy (non-hydrogen) atoms. The smallest absolute Gasteiger partial charge is 0.407 e. The van der Waals surface area contributed by atoms with E-state index in [1.807, 2.05) is 30.3 Å². The first-order chi connectivity index (χ1) is 18.1. The molecule has 0 bridgehead atoms. The Morgan fingerprint density at radius 1 is 1.11 bits per heavy atom. The van der Waals surface area contributed by atoms with Crippen molar-refractivity contribution < 1.29 is 28.0 Å². The van der Waals surface area contributed by atoms with Gasteiger partial charge in [0, 0.05) is 37.7 Å². The van der Waals surface area contributed by atoms with Crippen LogP contribution in [0.2, 0.25) is 0 Å². The molecule has 3 aromatic rings. The molecular weight excluding hydrogens is 510 g/mol. The first kappa shape index (κ1) is 27.1. The van der Waals surface area contributed by atoms with Gasteiger partial charge in [-0.2, -0.15) is 4.31 Å². The van der Waals surface area contributed by atoms with Crippen molar-refractivity contribution in [2.24, 2.45) is 5.92 Å². The second kappa shape index (κ2) is 11.2. The van der Waals surface area contributed by atoms with Gasteiger partial charge in [0.15, 0.2) is 4.90 Å². The van der Waals surface area contributed by atoms with Crippen LogP contribution in [0, 0.1) is 16.0 Å². The third-order valence-corrected chi connectivity index (χ3v) is 8.99. The number of methoxy groups -OCH3 is 1. The van der Waals surface area contributed by atoms with Crippen LogP contribution < -0.4 is 4.74 Å². The summed E-state index contributed by atoms with van der Waals surface area (Å²) in [7, 11) is -2.88. The third kappa shape index (κ3) is 5.48. The van der Waals surface area contributed by atoms with Crippen LogP contribution in [-0.2, 0) is 10.0 Å². The van der Waals surface area contributed by atoms with E-state index < -0.39 is 37.7 Å². The van der Waals surface area contributed by atoms with Crippen molar-refractivity contribution in [1.29, 1.82) is 0 Å². The Hall–Kier alpha value is -3.96. The molecule has 0 unspecified atom stereocenters. The number of hydrogen-bond acceptors (Lipinski definition) is 6. The molecule has 4 rings (SSSR count). The zero-order valence-corrected chi connectivity index (χ0v) is 21.8. The summed E-state index contributed by atoms with van der Waals surface area (Å²) in [6.07, 6.45) is -1.08. The Morgan fingerprint density at radius 2 is 1.79 bits per heavy atom. The number of ether oxygens (including phenoxy) is 1. The molecule has 1 aliphatic rings. The molecular formula is C27H29N3O7S. The van der Waals surface area contributed by atoms with Gasteiger partial charge in [0.1, 0.15) is 5.75 Å². The van der Waals surface area contributed by atoms with Gasteiger partial charge in [0.2, 0.25) is 10.0 Å². The molecule has 1 fully saturated rings. The van der Waals surface area contributed by atoms with E-state index in [4.69, 9.17) is 4.74 Å². The van der Waals surface area contributed by atoms with E-state index >= 15 is 0 Å². The van der Waals surface area contributed by atoms with Crippen molar-refractivity contribution in [2.45, 2.75) is 23.8 Å². The maximum atomic E-state index is 14.1. The van der Waals surface area contributed by atoms with Crippen LogP contribution in [0.15, 0.2) is 83.8 Å². The lowest BCUT2D eigenvalue weighted by Crippen LogP contribution is -2.39. The number of amides is 1. The minimum absolute atomic E-state index is 0.0455. The molecule has 1 amide bonds. The van der Waals surface area contributed by atoms with E-state index in [9.17, 15) is 28.4 Å². The van der Waals surface area contributed by atoms with Crippen LogP contribution in [0.25, 0.3) is 0 Å². The molecule has 1 N–H and O–H groups in total. The number of benzene rings is 3. The van der Waals surface area contributed by atoms with Gasteiger partial charge in [-0.3, -0.25) is 10.1 Å². The average molecular weight is 540 g/mol. The average Bonchev–Trinajstić information content (AvgIpc) is 3.36. The Balaban J connectivity index is 1.81. The van der Waals surface area contributed by atoms with E-state index in [1.54, 1.807) is 31.2 Å². The second-order valence-corrected chi connectivity index (χ2v) is 11.1. The fraction of sp³-hybridized carbons (Fsp3) is 0.296. The highest BCUT2D eigenvalue weighted by molar-refractivity contribution is 7.89. The molecule has 10 nitrogen and oxygen atoms in total. The first-order valence-electron chi connectivity index (χ1n) is 12.1. The van der Waals surface area contributed by atoms with Crippen molar-refractivity contribution >= 4 is 21.8 Å². The SMILES string of the molecule is COc1cccc([C@@H](C)N(C[C@@H]2CN(C(=O)O)C[C@@H]2c2ccccc2)S(=O)(=O)c2ccccc2[N+](=O)[O-])c1. The Labute approximate surface area is 221 Å². The second-order valence-electron chi connectivity index (χ2n) is 9.22. The van der Waals surface area contributed by atoms with Crippen LogP contribution in [-0.4, -0.2) is 60.5 Å². The van der Waals surface area contributed by atoms with E-state index in [-0.39, 0.29) is 31.5 Å². The molecule has 0 saturated carbocycles. The zero-order chi connectivity index (χ0) is 27.4. The number of para-hydroxylation sites is 1.